The Morgan fingerprint density at radius 2 is 1.83 bits per heavy atom. The summed E-state index contributed by atoms with van der Waals surface area (Å²) in [5, 5.41) is 0. The summed E-state index contributed by atoms with van der Waals surface area (Å²) in [7, 11) is 0. The third-order valence-electron chi connectivity index (χ3n) is 2.60. The first-order valence-electron chi connectivity index (χ1n) is 5.24. The fourth-order valence-corrected chi connectivity index (χ4v) is 1.17. The van der Waals surface area contributed by atoms with E-state index >= 15 is 0 Å². The minimum absolute atomic E-state index is 0.775. The van der Waals surface area contributed by atoms with Gasteiger partial charge in [-0.05, 0) is 38.0 Å². The van der Waals surface area contributed by atoms with Crippen LogP contribution in [0.4, 0.5) is 0 Å². The molecule has 12 heavy (non-hydrogen) atoms. The third kappa shape index (κ3) is 5.40. The average molecular weight is 168 g/mol. The van der Waals surface area contributed by atoms with Crippen LogP contribution in [0.5, 0.6) is 0 Å². The minimum atomic E-state index is 0.775. The van der Waals surface area contributed by atoms with E-state index in [1.807, 2.05) is 0 Å². The lowest BCUT2D eigenvalue weighted by Gasteiger charge is -2.09. The van der Waals surface area contributed by atoms with Crippen LogP contribution in [-0.2, 0) is 0 Å². The molecule has 72 valence electrons. The summed E-state index contributed by atoms with van der Waals surface area (Å²) in [6.07, 6.45) is 6.26. The predicted molar refractivity (Wildman–Crippen MR) is 57.3 cm³/mol. The molecule has 0 saturated heterocycles. The summed E-state index contributed by atoms with van der Waals surface area (Å²) >= 11 is 0. The maximum Gasteiger partial charge on any atom is -0.0237 e. The Kier molecular flexibility index (Phi) is 6.14. The Balaban J connectivity index is 3.68. The number of hydrogen-bond acceptors (Lipinski definition) is 0. The Morgan fingerprint density at radius 1 is 1.25 bits per heavy atom. The molecule has 0 aliphatic heterocycles. The van der Waals surface area contributed by atoms with Crippen LogP contribution in [0, 0.1) is 11.8 Å². The van der Waals surface area contributed by atoms with Gasteiger partial charge in [0.05, 0.1) is 0 Å². The smallest absolute Gasteiger partial charge is 0.0237 e. The Bertz CT molecular complexity index is 131. The Labute approximate surface area is 78.1 Å². The van der Waals surface area contributed by atoms with E-state index in [1.54, 1.807) is 5.57 Å². The highest BCUT2D eigenvalue weighted by atomic mass is 14.1. The van der Waals surface area contributed by atoms with Gasteiger partial charge >= 0.3 is 0 Å². The van der Waals surface area contributed by atoms with Gasteiger partial charge in [-0.3, -0.25) is 0 Å². The minimum Gasteiger partial charge on any atom is -0.0853 e. The molecule has 0 amide bonds. The molecule has 0 radical (unpaired) electrons. The van der Waals surface area contributed by atoms with Crippen molar-refractivity contribution < 1.29 is 0 Å². The van der Waals surface area contributed by atoms with Crippen molar-refractivity contribution in [3.8, 4) is 0 Å². The quantitative estimate of drug-likeness (QED) is 0.533. The van der Waals surface area contributed by atoms with Gasteiger partial charge in [-0.25, -0.2) is 0 Å². The van der Waals surface area contributed by atoms with E-state index in [9.17, 15) is 0 Å². The highest BCUT2D eigenvalue weighted by Gasteiger charge is 1.99. The molecular formula is C12H24. The first-order valence-corrected chi connectivity index (χ1v) is 5.24. The normalized spacial score (nSPS) is 15.3. The molecule has 1 atom stereocenters. The summed E-state index contributed by atoms with van der Waals surface area (Å²) in [4.78, 5) is 0. The third-order valence-corrected chi connectivity index (χ3v) is 2.60. The van der Waals surface area contributed by atoms with Crippen LogP contribution in [0.1, 0.15) is 53.9 Å². The summed E-state index contributed by atoms with van der Waals surface area (Å²) < 4.78 is 0. The molecule has 0 nitrogen and oxygen atoms in total. The lowest BCUT2D eigenvalue weighted by molar-refractivity contribution is 0.586. The molecule has 1 unspecified atom stereocenters. The highest BCUT2D eigenvalue weighted by Crippen LogP contribution is 2.15. The van der Waals surface area contributed by atoms with Crippen molar-refractivity contribution in [1.82, 2.24) is 0 Å². The van der Waals surface area contributed by atoms with Crippen molar-refractivity contribution in [3.63, 3.8) is 0 Å². The van der Waals surface area contributed by atoms with Crippen molar-refractivity contribution in [3.05, 3.63) is 11.6 Å². The van der Waals surface area contributed by atoms with Gasteiger partial charge in [0.25, 0.3) is 0 Å². The maximum absolute atomic E-state index is 2.41. The molecule has 0 aliphatic rings. The van der Waals surface area contributed by atoms with Gasteiger partial charge in [-0.1, -0.05) is 39.3 Å². The van der Waals surface area contributed by atoms with Crippen molar-refractivity contribution in [2.24, 2.45) is 11.8 Å². The van der Waals surface area contributed by atoms with Crippen LogP contribution in [0.15, 0.2) is 11.6 Å². The molecule has 0 bridgehead atoms. The highest BCUT2D eigenvalue weighted by molar-refractivity contribution is 5.01. The lowest BCUT2D eigenvalue weighted by Crippen LogP contribution is -1.94. The largest absolute Gasteiger partial charge is 0.0853 e. The fourth-order valence-electron chi connectivity index (χ4n) is 1.17. The monoisotopic (exact) mass is 168 g/mol. The van der Waals surface area contributed by atoms with Crippen molar-refractivity contribution >= 4 is 0 Å². The standard InChI is InChI=1S/C12H24/c1-6-11(4)12(5)9-7-8-10(2)3/h9-11H,6-8H2,1-5H3. The molecule has 0 N–H and O–H groups in total. The van der Waals surface area contributed by atoms with Gasteiger partial charge in [-0.2, -0.15) is 0 Å². The molecule has 0 rings (SSSR count). The van der Waals surface area contributed by atoms with Crippen molar-refractivity contribution in [2.75, 3.05) is 0 Å². The summed E-state index contributed by atoms with van der Waals surface area (Å²) in [5.41, 5.74) is 1.57. The van der Waals surface area contributed by atoms with Crippen LogP contribution in [0.3, 0.4) is 0 Å². The van der Waals surface area contributed by atoms with Crippen LogP contribution in [0.25, 0.3) is 0 Å². The summed E-state index contributed by atoms with van der Waals surface area (Å²) in [6.45, 7) is 11.4. The predicted octanol–water partition coefficient (Wildman–Crippen LogP) is 4.42. The van der Waals surface area contributed by atoms with Gasteiger partial charge in [0.2, 0.25) is 0 Å². The SMILES string of the molecule is CCC(C)C(C)=CCCC(C)C. The summed E-state index contributed by atoms with van der Waals surface area (Å²) in [6, 6.07) is 0. The van der Waals surface area contributed by atoms with Crippen LogP contribution >= 0.6 is 0 Å². The first-order chi connectivity index (χ1) is 5.57. The van der Waals surface area contributed by atoms with Gasteiger partial charge in [0, 0.05) is 0 Å². The zero-order chi connectivity index (χ0) is 9.56. The van der Waals surface area contributed by atoms with Crippen molar-refractivity contribution in [2.45, 2.75) is 53.9 Å². The molecule has 0 fully saturated rings. The van der Waals surface area contributed by atoms with Gasteiger partial charge in [0.15, 0.2) is 0 Å². The molecule has 0 aliphatic carbocycles. The lowest BCUT2D eigenvalue weighted by atomic mass is 9.97. The van der Waals surface area contributed by atoms with Gasteiger partial charge in [0.1, 0.15) is 0 Å². The van der Waals surface area contributed by atoms with Gasteiger partial charge in [-0.15, -0.1) is 0 Å². The number of rotatable bonds is 5. The number of hydrogen-bond donors (Lipinski definition) is 0. The maximum atomic E-state index is 2.41. The molecule has 0 saturated carbocycles. The summed E-state index contributed by atoms with van der Waals surface area (Å²) in [5.74, 6) is 1.61. The number of allylic oxidation sites excluding steroid dienone is 2. The van der Waals surface area contributed by atoms with E-state index in [1.165, 1.54) is 19.3 Å². The molecular weight excluding hydrogens is 144 g/mol. The van der Waals surface area contributed by atoms with Gasteiger partial charge < -0.3 is 0 Å². The molecule has 0 heteroatoms. The van der Waals surface area contributed by atoms with Crippen LogP contribution in [-0.4, -0.2) is 0 Å². The van der Waals surface area contributed by atoms with Crippen LogP contribution in [0.2, 0.25) is 0 Å². The fraction of sp³-hybridized carbons (Fsp3) is 0.833. The first kappa shape index (κ1) is 11.7. The topological polar surface area (TPSA) is 0 Å². The molecule has 0 spiro atoms. The van der Waals surface area contributed by atoms with E-state index in [0.29, 0.717) is 0 Å². The Hall–Kier alpha value is -0.260. The van der Waals surface area contributed by atoms with E-state index < -0.39 is 0 Å². The zero-order valence-electron chi connectivity index (χ0n) is 9.35. The van der Waals surface area contributed by atoms with E-state index in [0.717, 1.165) is 11.8 Å². The Morgan fingerprint density at radius 3 is 2.25 bits per heavy atom. The van der Waals surface area contributed by atoms with Crippen LogP contribution < -0.4 is 0 Å². The van der Waals surface area contributed by atoms with Crippen molar-refractivity contribution in [1.29, 1.82) is 0 Å². The molecule has 0 heterocycles. The van der Waals surface area contributed by atoms with E-state index in [2.05, 4.69) is 40.7 Å². The second kappa shape index (κ2) is 6.28. The zero-order valence-corrected chi connectivity index (χ0v) is 9.35. The molecule has 0 aromatic carbocycles. The van der Waals surface area contributed by atoms with E-state index in [-0.39, 0.29) is 0 Å². The van der Waals surface area contributed by atoms with E-state index in [4.69, 9.17) is 0 Å². The molecule has 0 aromatic heterocycles. The second-order valence-corrected chi connectivity index (χ2v) is 4.23. The molecule has 0 aromatic rings. The second-order valence-electron chi connectivity index (χ2n) is 4.23. The average Bonchev–Trinajstić information content (AvgIpc) is 2.02.